The quantitative estimate of drug-likeness (QED) is 0.889. The van der Waals surface area contributed by atoms with Gasteiger partial charge in [-0.3, -0.25) is 4.90 Å². The Morgan fingerprint density at radius 3 is 2.89 bits per heavy atom. The van der Waals surface area contributed by atoms with Crippen molar-refractivity contribution in [2.45, 2.75) is 59.2 Å². The van der Waals surface area contributed by atoms with E-state index >= 15 is 0 Å². The van der Waals surface area contributed by atoms with E-state index in [0.717, 1.165) is 30.5 Å². The number of aromatic nitrogens is 1. The zero-order valence-corrected chi connectivity index (χ0v) is 12.7. The van der Waals surface area contributed by atoms with Crippen molar-refractivity contribution < 1.29 is 4.52 Å². The molecule has 0 aromatic carbocycles. The molecule has 1 unspecified atom stereocenters. The van der Waals surface area contributed by atoms with E-state index in [1.54, 1.807) is 0 Å². The van der Waals surface area contributed by atoms with Gasteiger partial charge >= 0.3 is 0 Å². The van der Waals surface area contributed by atoms with Gasteiger partial charge in [0.2, 0.25) is 0 Å². The van der Waals surface area contributed by atoms with Gasteiger partial charge in [0.05, 0.1) is 12.2 Å². The molecule has 1 fully saturated rings. The van der Waals surface area contributed by atoms with E-state index in [0.29, 0.717) is 0 Å². The lowest BCUT2D eigenvalue weighted by molar-refractivity contribution is 0.264. The van der Waals surface area contributed by atoms with E-state index < -0.39 is 0 Å². The molecule has 1 aliphatic rings. The Balaban J connectivity index is 1.81. The molecule has 2 heterocycles. The average Bonchev–Trinajstić information content (AvgIpc) is 2.95. The fraction of sp³-hybridized carbons (Fsp3) is 0.800. The fourth-order valence-electron chi connectivity index (χ4n) is 2.48. The van der Waals surface area contributed by atoms with Crippen molar-refractivity contribution >= 4 is 0 Å². The Labute approximate surface area is 116 Å². The van der Waals surface area contributed by atoms with Crippen LogP contribution in [0.25, 0.3) is 0 Å². The van der Waals surface area contributed by atoms with Gasteiger partial charge in [-0.1, -0.05) is 18.5 Å². The van der Waals surface area contributed by atoms with Gasteiger partial charge in [-0.25, -0.2) is 0 Å². The number of nitrogens with zero attached hydrogens (tertiary/aromatic N) is 2. The molecule has 0 spiro atoms. The minimum absolute atomic E-state index is 0.114. The third-order valence-electron chi connectivity index (χ3n) is 3.73. The van der Waals surface area contributed by atoms with Crippen molar-refractivity contribution in [3.05, 3.63) is 17.5 Å². The first-order valence-corrected chi connectivity index (χ1v) is 7.38. The van der Waals surface area contributed by atoms with Gasteiger partial charge in [0, 0.05) is 24.7 Å². The summed E-state index contributed by atoms with van der Waals surface area (Å²) in [6.07, 6.45) is 2.61. The van der Waals surface area contributed by atoms with Gasteiger partial charge in [-0.15, -0.1) is 0 Å². The van der Waals surface area contributed by atoms with Crippen molar-refractivity contribution in [3.63, 3.8) is 0 Å². The number of hydrogen-bond donors (Lipinski definition) is 1. The van der Waals surface area contributed by atoms with Crippen LogP contribution >= 0.6 is 0 Å². The predicted molar refractivity (Wildman–Crippen MR) is 76.8 cm³/mol. The van der Waals surface area contributed by atoms with Crippen LogP contribution in [0.1, 0.15) is 52.0 Å². The lowest BCUT2D eigenvalue weighted by Gasteiger charge is -2.19. The second-order valence-electron chi connectivity index (χ2n) is 6.69. The standard InChI is InChI=1S/C15H27N3O/c1-5-12-6-7-18(10-12)11-14-8-13(17-19-14)9-16-15(2,3)4/h8,12,16H,5-7,9-11H2,1-4H3. The normalized spacial score (nSPS) is 21.2. The van der Waals surface area contributed by atoms with Crippen molar-refractivity contribution in [1.29, 1.82) is 0 Å². The molecule has 1 N–H and O–H groups in total. The van der Waals surface area contributed by atoms with E-state index in [-0.39, 0.29) is 5.54 Å². The van der Waals surface area contributed by atoms with E-state index in [9.17, 15) is 0 Å². The van der Waals surface area contributed by atoms with Crippen LogP contribution in [-0.4, -0.2) is 28.7 Å². The van der Waals surface area contributed by atoms with Crippen molar-refractivity contribution in [2.24, 2.45) is 5.92 Å². The van der Waals surface area contributed by atoms with Crippen LogP contribution in [-0.2, 0) is 13.1 Å². The van der Waals surface area contributed by atoms with Gasteiger partial charge in [0.1, 0.15) is 0 Å². The molecular formula is C15H27N3O. The van der Waals surface area contributed by atoms with Gasteiger partial charge in [-0.05, 0) is 39.7 Å². The summed E-state index contributed by atoms with van der Waals surface area (Å²) < 4.78 is 5.43. The van der Waals surface area contributed by atoms with Crippen LogP contribution in [0.15, 0.2) is 10.6 Å². The van der Waals surface area contributed by atoms with Crippen LogP contribution in [0.2, 0.25) is 0 Å². The van der Waals surface area contributed by atoms with Crippen LogP contribution in [0.3, 0.4) is 0 Å². The largest absolute Gasteiger partial charge is 0.360 e. The molecule has 1 saturated heterocycles. The molecule has 4 heteroatoms. The summed E-state index contributed by atoms with van der Waals surface area (Å²) in [5.74, 6) is 1.85. The maximum absolute atomic E-state index is 5.43. The summed E-state index contributed by atoms with van der Waals surface area (Å²) in [4.78, 5) is 2.47. The van der Waals surface area contributed by atoms with Gasteiger partial charge in [-0.2, -0.15) is 0 Å². The summed E-state index contributed by atoms with van der Waals surface area (Å²) in [6.45, 7) is 12.8. The number of nitrogens with one attached hydrogen (secondary N) is 1. The Hall–Kier alpha value is -0.870. The van der Waals surface area contributed by atoms with Crippen LogP contribution < -0.4 is 5.32 Å². The molecule has 2 rings (SSSR count). The molecule has 1 aromatic rings. The fourth-order valence-corrected chi connectivity index (χ4v) is 2.48. The first-order chi connectivity index (χ1) is 8.96. The Kier molecular flexibility index (Phi) is 4.63. The average molecular weight is 265 g/mol. The third-order valence-corrected chi connectivity index (χ3v) is 3.73. The number of rotatable bonds is 5. The molecule has 19 heavy (non-hydrogen) atoms. The second-order valence-corrected chi connectivity index (χ2v) is 6.69. The highest BCUT2D eigenvalue weighted by Gasteiger charge is 2.22. The summed E-state index contributed by atoms with van der Waals surface area (Å²) in [5.41, 5.74) is 1.11. The number of likely N-dealkylation sites (tertiary alicyclic amines) is 1. The van der Waals surface area contributed by atoms with Crippen molar-refractivity contribution in [3.8, 4) is 0 Å². The molecule has 0 radical (unpaired) electrons. The second kappa shape index (κ2) is 6.06. The van der Waals surface area contributed by atoms with E-state index in [1.165, 1.54) is 25.9 Å². The number of hydrogen-bond acceptors (Lipinski definition) is 4. The van der Waals surface area contributed by atoms with E-state index in [4.69, 9.17) is 4.52 Å². The zero-order valence-electron chi connectivity index (χ0n) is 12.7. The monoisotopic (exact) mass is 265 g/mol. The first kappa shape index (κ1) is 14.5. The smallest absolute Gasteiger partial charge is 0.151 e. The molecular weight excluding hydrogens is 238 g/mol. The molecule has 1 aliphatic heterocycles. The highest BCUT2D eigenvalue weighted by atomic mass is 16.5. The minimum Gasteiger partial charge on any atom is -0.360 e. The Bertz CT molecular complexity index is 394. The van der Waals surface area contributed by atoms with Crippen molar-refractivity contribution in [2.75, 3.05) is 13.1 Å². The van der Waals surface area contributed by atoms with E-state index in [1.807, 2.05) is 0 Å². The molecule has 0 aliphatic carbocycles. The Morgan fingerprint density at radius 2 is 2.26 bits per heavy atom. The molecule has 1 aromatic heterocycles. The summed E-state index contributed by atoms with van der Waals surface area (Å²) in [7, 11) is 0. The minimum atomic E-state index is 0.114. The van der Waals surface area contributed by atoms with Gasteiger partial charge < -0.3 is 9.84 Å². The first-order valence-electron chi connectivity index (χ1n) is 7.38. The van der Waals surface area contributed by atoms with Crippen LogP contribution in [0.4, 0.5) is 0 Å². The van der Waals surface area contributed by atoms with Crippen LogP contribution in [0, 0.1) is 5.92 Å². The van der Waals surface area contributed by atoms with Crippen LogP contribution in [0.5, 0.6) is 0 Å². The topological polar surface area (TPSA) is 41.3 Å². The molecule has 0 amide bonds. The predicted octanol–water partition coefficient (Wildman–Crippen LogP) is 2.79. The van der Waals surface area contributed by atoms with Gasteiger partial charge in [0.25, 0.3) is 0 Å². The SMILES string of the molecule is CCC1CCN(Cc2cc(CNC(C)(C)C)no2)C1. The third kappa shape index (κ3) is 4.62. The molecule has 0 saturated carbocycles. The summed E-state index contributed by atoms with van der Waals surface area (Å²) >= 11 is 0. The molecule has 1 atom stereocenters. The molecule has 108 valence electrons. The highest BCUT2D eigenvalue weighted by molar-refractivity contribution is 5.06. The lowest BCUT2D eigenvalue weighted by Crippen LogP contribution is -2.35. The maximum Gasteiger partial charge on any atom is 0.151 e. The summed E-state index contributed by atoms with van der Waals surface area (Å²) in [6, 6.07) is 2.08. The van der Waals surface area contributed by atoms with E-state index in [2.05, 4.69) is 49.1 Å². The zero-order chi connectivity index (χ0) is 13.9. The summed E-state index contributed by atoms with van der Waals surface area (Å²) in [5, 5.41) is 7.56. The molecule has 4 nitrogen and oxygen atoms in total. The highest BCUT2D eigenvalue weighted by Crippen LogP contribution is 2.21. The lowest BCUT2D eigenvalue weighted by atomic mass is 10.1. The van der Waals surface area contributed by atoms with Gasteiger partial charge in [0.15, 0.2) is 5.76 Å². The molecule has 0 bridgehead atoms. The van der Waals surface area contributed by atoms with Crippen molar-refractivity contribution in [1.82, 2.24) is 15.4 Å². The Morgan fingerprint density at radius 1 is 1.47 bits per heavy atom. The maximum atomic E-state index is 5.43.